The Morgan fingerprint density at radius 2 is 2.00 bits per heavy atom. The maximum atomic E-state index is 11.3. The van der Waals surface area contributed by atoms with Crippen LogP contribution in [0.4, 0.5) is 0 Å². The highest BCUT2D eigenvalue weighted by Crippen LogP contribution is 2.19. The highest BCUT2D eigenvalue weighted by atomic mass is 28.3. The second-order valence-corrected chi connectivity index (χ2v) is 6.00. The summed E-state index contributed by atoms with van der Waals surface area (Å²) in [7, 11) is -0.821. The van der Waals surface area contributed by atoms with Crippen LogP contribution in [0.15, 0.2) is 36.4 Å². The van der Waals surface area contributed by atoms with Crippen LogP contribution >= 0.6 is 0 Å². The van der Waals surface area contributed by atoms with E-state index in [1.54, 1.807) is 6.92 Å². The summed E-state index contributed by atoms with van der Waals surface area (Å²) in [6.45, 7) is 9.50. The Balaban J connectivity index is 2.70. The van der Waals surface area contributed by atoms with E-state index in [2.05, 4.69) is 19.7 Å². The van der Waals surface area contributed by atoms with E-state index >= 15 is 0 Å². The second-order valence-electron chi connectivity index (χ2n) is 3.97. The number of esters is 1. The van der Waals surface area contributed by atoms with Gasteiger partial charge in [-0.05, 0) is 26.1 Å². The van der Waals surface area contributed by atoms with Crippen molar-refractivity contribution in [1.82, 2.24) is 0 Å². The van der Waals surface area contributed by atoms with Gasteiger partial charge in [0, 0.05) is 11.1 Å². The summed E-state index contributed by atoms with van der Waals surface area (Å²) < 4.78 is 10.8. The van der Waals surface area contributed by atoms with Crippen molar-refractivity contribution in [2.45, 2.75) is 26.6 Å². The quantitative estimate of drug-likeness (QED) is 0.457. The molecule has 0 saturated carbocycles. The summed E-state index contributed by atoms with van der Waals surface area (Å²) in [5.74, 6) is 0.416. The summed E-state index contributed by atoms with van der Waals surface area (Å²) in [4.78, 5) is 11.3. The van der Waals surface area contributed by atoms with Crippen molar-refractivity contribution in [3.8, 4) is 5.75 Å². The Morgan fingerprint density at radius 3 is 2.59 bits per heavy atom. The third kappa shape index (κ3) is 4.44. The van der Waals surface area contributed by atoms with Crippen molar-refractivity contribution in [1.29, 1.82) is 0 Å². The maximum Gasteiger partial charge on any atom is 0.333 e. The van der Waals surface area contributed by atoms with Gasteiger partial charge < -0.3 is 9.16 Å². The molecule has 0 fully saturated rings. The Bertz CT molecular complexity index is 413. The Morgan fingerprint density at radius 1 is 1.35 bits per heavy atom. The normalized spacial score (nSPS) is 10.1. The minimum atomic E-state index is -0.821. The number of para-hydroxylation sites is 1. The van der Waals surface area contributed by atoms with E-state index in [-0.39, 0.29) is 12.6 Å². The van der Waals surface area contributed by atoms with Crippen LogP contribution in [0.2, 0.25) is 13.1 Å². The molecule has 0 aromatic heterocycles. The SMILES string of the molecule is C=C(C)C(=O)OCc1ccccc1O[Si](C)C. The van der Waals surface area contributed by atoms with Crippen LogP contribution in [0.1, 0.15) is 12.5 Å². The molecule has 0 N–H and O–H groups in total. The topological polar surface area (TPSA) is 35.5 Å². The van der Waals surface area contributed by atoms with Crippen LogP contribution in [0.5, 0.6) is 5.75 Å². The number of benzene rings is 1. The van der Waals surface area contributed by atoms with Gasteiger partial charge in [-0.15, -0.1) is 0 Å². The van der Waals surface area contributed by atoms with Gasteiger partial charge in [0.25, 0.3) is 9.04 Å². The zero-order chi connectivity index (χ0) is 12.8. The number of carbonyl (C=O) groups is 1. The van der Waals surface area contributed by atoms with E-state index in [4.69, 9.17) is 9.16 Å². The molecule has 0 saturated heterocycles. The summed E-state index contributed by atoms with van der Waals surface area (Å²) >= 11 is 0. The summed E-state index contributed by atoms with van der Waals surface area (Å²) in [5.41, 5.74) is 1.28. The van der Waals surface area contributed by atoms with E-state index in [0.717, 1.165) is 11.3 Å². The van der Waals surface area contributed by atoms with Gasteiger partial charge in [-0.25, -0.2) is 4.79 Å². The summed E-state index contributed by atoms with van der Waals surface area (Å²) in [5, 5.41) is 0. The fourth-order valence-electron chi connectivity index (χ4n) is 1.21. The number of hydrogen-bond donors (Lipinski definition) is 0. The molecule has 3 nitrogen and oxygen atoms in total. The van der Waals surface area contributed by atoms with Gasteiger partial charge in [0.05, 0.1) is 0 Å². The molecule has 1 rings (SSSR count). The van der Waals surface area contributed by atoms with Crippen LogP contribution < -0.4 is 4.43 Å². The van der Waals surface area contributed by atoms with Crippen molar-refractivity contribution < 1.29 is 14.0 Å². The molecule has 0 heterocycles. The van der Waals surface area contributed by atoms with Crippen molar-refractivity contribution in [3.05, 3.63) is 42.0 Å². The molecule has 4 heteroatoms. The molecule has 0 bridgehead atoms. The Hall–Kier alpha value is -1.55. The molecule has 1 aromatic rings. The largest absolute Gasteiger partial charge is 0.542 e. The standard InChI is InChI=1S/C13H17O3Si/c1-10(2)13(14)15-9-11-7-5-6-8-12(11)16-17(3)4/h5-8H,1,9H2,2-4H3. The van der Waals surface area contributed by atoms with E-state index in [1.807, 2.05) is 24.3 Å². The number of carbonyl (C=O) groups excluding carboxylic acids is 1. The number of hydrogen-bond acceptors (Lipinski definition) is 3. The third-order valence-electron chi connectivity index (χ3n) is 1.99. The van der Waals surface area contributed by atoms with Crippen molar-refractivity contribution in [3.63, 3.8) is 0 Å². The smallest absolute Gasteiger partial charge is 0.333 e. The highest BCUT2D eigenvalue weighted by Gasteiger charge is 2.09. The van der Waals surface area contributed by atoms with E-state index < -0.39 is 9.04 Å². The first-order valence-electron chi connectivity index (χ1n) is 5.39. The molecule has 0 spiro atoms. The van der Waals surface area contributed by atoms with Gasteiger partial charge in [-0.2, -0.15) is 0 Å². The lowest BCUT2D eigenvalue weighted by atomic mass is 10.2. The van der Waals surface area contributed by atoms with Crippen LogP contribution in [0.3, 0.4) is 0 Å². The maximum absolute atomic E-state index is 11.3. The third-order valence-corrected chi connectivity index (χ3v) is 2.62. The van der Waals surface area contributed by atoms with Gasteiger partial charge >= 0.3 is 5.97 Å². The van der Waals surface area contributed by atoms with E-state index in [1.165, 1.54) is 0 Å². The van der Waals surface area contributed by atoms with Crippen molar-refractivity contribution in [2.75, 3.05) is 0 Å². The lowest BCUT2D eigenvalue weighted by Gasteiger charge is -2.13. The lowest BCUT2D eigenvalue weighted by molar-refractivity contribution is -0.140. The van der Waals surface area contributed by atoms with Gasteiger partial charge in [0.1, 0.15) is 12.4 Å². The molecule has 1 aromatic carbocycles. The van der Waals surface area contributed by atoms with Crippen LogP contribution in [-0.2, 0) is 16.1 Å². The molecule has 0 aliphatic rings. The molecular formula is C13H17O3Si. The predicted molar refractivity (Wildman–Crippen MR) is 69.2 cm³/mol. The number of ether oxygens (including phenoxy) is 1. The molecule has 1 radical (unpaired) electrons. The van der Waals surface area contributed by atoms with Gasteiger partial charge in [-0.1, -0.05) is 24.8 Å². The molecule has 0 atom stereocenters. The van der Waals surface area contributed by atoms with Gasteiger partial charge in [-0.3, -0.25) is 0 Å². The van der Waals surface area contributed by atoms with Gasteiger partial charge in [0.15, 0.2) is 0 Å². The average molecular weight is 249 g/mol. The first-order valence-corrected chi connectivity index (χ1v) is 7.80. The first kappa shape index (κ1) is 13.5. The van der Waals surface area contributed by atoms with Gasteiger partial charge in [0.2, 0.25) is 0 Å². The molecule has 0 amide bonds. The Kier molecular flexibility index (Phi) is 4.97. The Labute approximate surface area is 104 Å². The number of rotatable bonds is 5. The lowest BCUT2D eigenvalue weighted by Crippen LogP contribution is -2.13. The van der Waals surface area contributed by atoms with Crippen LogP contribution in [-0.4, -0.2) is 15.0 Å². The fraction of sp³-hybridized carbons (Fsp3) is 0.308. The molecule has 0 unspecified atom stereocenters. The molecule has 91 valence electrons. The summed E-state index contributed by atoms with van der Waals surface area (Å²) in [6, 6.07) is 7.59. The second kappa shape index (κ2) is 6.25. The average Bonchev–Trinajstić information content (AvgIpc) is 2.26. The molecule has 0 aliphatic carbocycles. The monoisotopic (exact) mass is 249 g/mol. The molecule has 0 aliphatic heterocycles. The first-order chi connectivity index (χ1) is 8.00. The molecule has 17 heavy (non-hydrogen) atoms. The van der Waals surface area contributed by atoms with E-state index in [9.17, 15) is 4.79 Å². The highest BCUT2D eigenvalue weighted by molar-refractivity contribution is 6.49. The fourth-order valence-corrected chi connectivity index (χ4v) is 1.85. The summed E-state index contributed by atoms with van der Waals surface area (Å²) in [6.07, 6.45) is 0. The zero-order valence-corrected chi connectivity index (χ0v) is 11.4. The minimum absolute atomic E-state index is 0.219. The zero-order valence-electron chi connectivity index (χ0n) is 10.4. The van der Waals surface area contributed by atoms with Crippen LogP contribution in [0.25, 0.3) is 0 Å². The van der Waals surface area contributed by atoms with Crippen molar-refractivity contribution in [2.24, 2.45) is 0 Å². The van der Waals surface area contributed by atoms with Crippen molar-refractivity contribution >= 4 is 15.0 Å². The predicted octanol–water partition coefficient (Wildman–Crippen LogP) is 2.94. The molecular weight excluding hydrogens is 232 g/mol. The van der Waals surface area contributed by atoms with E-state index in [0.29, 0.717) is 5.57 Å². The minimum Gasteiger partial charge on any atom is -0.542 e. The van der Waals surface area contributed by atoms with Crippen LogP contribution in [0, 0.1) is 0 Å².